The van der Waals surface area contributed by atoms with Gasteiger partial charge in [-0.05, 0) is 55.9 Å². The first-order valence-electron chi connectivity index (χ1n) is 18.6. The number of nitrogens with one attached hydrogen (secondary N) is 4. The van der Waals surface area contributed by atoms with Gasteiger partial charge in [-0.15, -0.1) is 0 Å². The molecule has 4 aliphatic rings. The van der Waals surface area contributed by atoms with Gasteiger partial charge in [0.25, 0.3) is 5.91 Å². The SMILES string of the molecule is CCC[C@H](NC(=O)[C@@H]1C[C@]2(CC(c3cccc(C)c3OC)NO2)CN1C(=O)[C@@H](NC(=O)CC1CCCCC1)C(C)(C)C)C(=O)C(=O)NC1CC1. The van der Waals surface area contributed by atoms with Crippen molar-refractivity contribution in [1.29, 1.82) is 0 Å². The molecule has 1 aromatic carbocycles. The lowest BCUT2D eigenvalue weighted by molar-refractivity contribution is -0.145. The van der Waals surface area contributed by atoms with Gasteiger partial charge in [0.05, 0.1) is 25.7 Å². The van der Waals surface area contributed by atoms with Crippen LogP contribution in [0.15, 0.2) is 18.2 Å². The summed E-state index contributed by atoms with van der Waals surface area (Å²) in [6.07, 6.45) is 8.92. The molecule has 2 saturated heterocycles. The second-order valence-electron chi connectivity index (χ2n) is 16.1. The van der Waals surface area contributed by atoms with Crippen molar-refractivity contribution in [3.63, 3.8) is 0 Å². The van der Waals surface area contributed by atoms with E-state index in [2.05, 4.69) is 21.4 Å². The van der Waals surface area contributed by atoms with Crippen LogP contribution < -0.4 is 26.2 Å². The highest BCUT2D eigenvalue weighted by molar-refractivity contribution is 6.38. The summed E-state index contributed by atoms with van der Waals surface area (Å²) in [7, 11) is 1.63. The topological polar surface area (TPSA) is 155 Å². The Labute approximate surface area is 296 Å². The van der Waals surface area contributed by atoms with E-state index in [1.165, 1.54) is 11.3 Å². The van der Waals surface area contributed by atoms with Crippen LogP contribution in [0.5, 0.6) is 5.75 Å². The minimum absolute atomic E-state index is 0.00174. The van der Waals surface area contributed by atoms with E-state index in [1.807, 2.05) is 52.8 Å². The van der Waals surface area contributed by atoms with Gasteiger partial charge in [-0.1, -0.05) is 71.6 Å². The molecular formula is C38H57N5O7. The molecule has 4 fully saturated rings. The molecule has 0 aromatic heterocycles. The van der Waals surface area contributed by atoms with Gasteiger partial charge < -0.3 is 25.6 Å². The van der Waals surface area contributed by atoms with Crippen molar-refractivity contribution >= 4 is 29.4 Å². The molecule has 4 amide bonds. The molecule has 1 spiro atoms. The molecule has 0 radical (unpaired) electrons. The minimum atomic E-state index is -1.03. The fourth-order valence-electron chi connectivity index (χ4n) is 7.84. The van der Waals surface area contributed by atoms with Crippen molar-refractivity contribution in [3.05, 3.63) is 29.3 Å². The third kappa shape index (κ3) is 8.85. The fraction of sp³-hybridized carbons (Fsp3) is 0.711. The van der Waals surface area contributed by atoms with Gasteiger partial charge in [0.1, 0.15) is 23.4 Å². The van der Waals surface area contributed by atoms with E-state index < -0.39 is 46.7 Å². The van der Waals surface area contributed by atoms with Crippen LogP contribution in [0.4, 0.5) is 0 Å². The van der Waals surface area contributed by atoms with E-state index >= 15 is 0 Å². The molecule has 2 aliphatic carbocycles. The quantitative estimate of drug-likeness (QED) is 0.226. The summed E-state index contributed by atoms with van der Waals surface area (Å²) < 4.78 is 5.73. The number of Topliss-reactive ketones (excluding diaryl/α,β-unsaturated/α-hetero) is 1. The van der Waals surface area contributed by atoms with Gasteiger partial charge in [0.15, 0.2) is 0 Å². The number of rotatable bonds is 13. The first kappa shape index (κ1) is 37.7. The van der Waals surface area contributed by atoms with Crippen molar-refractivity contribution in [2.24, 2.45) is 11.3 Å². The third-order valence-electron chi connectivity index (χ3n) is 10.8. The van der Waals surface area contributed by atoms with Crippen molar-refractivity contribution in [2.45, 2.75) is 147 Å². The zero-order chi connectivity index (χ0) is 36.2. The number of aryl methyl sites for hydroxylation is 1. The Morgan fingerprint density at radius 3 is 2.40 bits per heavy atom. The molecule has 1 aromatic rings. The smallest absolute Gasteiger partial charge is 0.289 e. The first-order valence-corrected chi connectivity index (χ1v) is 18.6. The number of methoxy groups -OCH3 is 1. The van der Waals surface area contributed by atoms with Crippen molar-refractivity contribution in [3.8, 4) is 5.75 Å². The van der Waals surface area contributed by atoms with Gasteiger partial charge in [0, 0.05) is 30.9 Å². The highest BCUT2D eigenvalue weighted by Crippen LogP contribution is 2.45. The Morgan fingerprint density at radius 2 is 1.76 bits per heavy atom. The van der Waals surface area contributed by atoms with Crippen molar-refractivity contribution in [2.75, 3.05) is 13.7 Å². The van der Waals surface area contributed by atoms with Gasteiger partial charge in [0.2, 0.25) is 23.5 Å². The molecule has 1 unspecified atom stereocenters. The maximum Gasteiger partial charge on any atom is 0.289 e. The first-order chi connectivity index (χ1) is 23.7. The summed E-state index contributed by atoms with van der Waals surface area (Å²) in [5.41, 5.74) is 3.45. The van der Waals surface area contributed by atoms with Gasteiger partial charge in [-0.2, -0.15) is 5.48 Å². The molecule has 2 heterocycles. The van der Waals surface area contributed by atoms with Crippen LogP contribution in [-0.4, -0.2) is 77.7 Å². The number of hydrogen-bond donors (Lipinski definition) is 4. The average Bonchev–Trinajstić information content (AvgIpc) is 3.67. The van der Waals surface area contributed by atoms with Crippen LogP contribution >= 0.6 is 0 Å². The summed E-state index contributed by atoms with van der Waals surface area (Å²) in [5, 5.41) is 8.62. The maximum absolute atomic E-state index is 14.7. The predicted molar refractivity (Wildman–Crippen MR) is 188 cm³/mol. The lowest BCUT2D eigenvalue weighted by Crippen LogP contribution is -2.59. The average molecular weight is 696 g/mol. The summed E-state index contributed by atoms with van der Waals surface area (Å²) in [6, 6.07) is 2.70. The predicted octanol–water partition coefficient (Wildman–Crippen LogP) is 3.94. The highest BCUT2D eigenvalue weighted by Gasteiger charge is 2.56. The molecule has 5 rings (SSSR count). The summed E-state index contributed by atoms with van der Waals surface area (Å²) in [5.74, 6) is -1.42. The lowest BCUT2D eigenvalue weighted by Gasteiger charge is -2.36. The number of ketones is 1. The largest absolute Gasteiger partial charge is 0.496 e. The molecule has 12 nitrogen and oxygen atoms in total. The molecular weight excluding hydrogens is 638 g/mol. The van der Waals surface area contributed by atoms with Crippen molar-refractivity contribution < 1.29 is 33.5 Å². The van der Waals surface area contributed by atoms with Gasteiger partial charge in [-0.25, -0.2) is 0 Å². The Kier molecular flexibility index (Phi) is 11.9. The Morgan fingerprint density at radius 1 is 1.04 bits per heavy atom. The second-order valence-corrected chi connectivity index (χ2v) is 16.1. The third-order valence-corrected chi connectivity index (χ3v) is 10.8. The number of hydrogen-bond acceptors (Lipinski definition) is 8. The van der Waals surface area contributed by atoms with Crippen LogP contribution in [-0.2, 0) is 28.8 Å². The number of nitrogens with zero attached hydrogens (tertiary/aromatic N) is 1. The van der Waals surface area contributed by atoms with Crippen molar-refractivity contribution in [1.82, 2.24) is 26.3 Å². The standard InChI is InChI=1S/C38H57N5O7/c1-7-12-27(31(45)35(47)39-25-17-18-25)40-34(46)29-21-38(20-28(42-50-38)26-16-11-13-23(2)32(26)49-6)22-43(29)36(48)33(37(3,4)5)41-30(44)19-24-14-9-8-10-15-24/h11,13,16,24-25,27-29,33,42H,7-10,12,14-15,17-22H2,1-6H3,(H,39,47)(H,40,46)(H,41,44)/t27-,28?,29-,33+,38+/m0/s1. The number of ether oxygens (including phenoxy) is 1. The Hall–Kier alpha value is -3.51. The van der Waals surface area contributed by atoms with Gasteiger partial charge in [-0.3, -0.25) is 28.8 Å². The minimum Gasteiger partial charge on any atom is -0.496 e. The molecule has 50 heavy (non-hydrogen) atoms. The molecule has 12 heteroatoms. The number of amides is 4. The van der Waals surface area contributed by atoms with Gasteiger partial charge >= 0.3 is 0 Å². The second kappa shape index (κ2) is 15.8. The number of benzene rings is 1. The van der Waals surface area contributed by atoms with E-state index in [0.717, 1.165) is 55.4 Å². The number of carbonyl (C=O) groups is 5. The normalized spacial score (nSPS) is 25.2. The maximum atomic E-state index is 14.7. The zero-order valence-electron chi connectivity index (χ0n) is 30.7. The molecule has 2 aliphatic heterocycles. The summed E-state index contributed by atoms with van der Waals surface area (Å²) >= 11 is 0. The Balaban J connectivity index is 1.40. The fourth-order valence-corrected chi connectivity index (χ4v) is 7.84. The zero-order valence-corrected chi connectivity index (χ0v) is 30.7. The van der Waals surface area contributed by atoms with Crippen LogP contribution in [0.1, 0.15) is 122 Å². The molecule has 2 saturated carbocycles. The van der Waals surface area contributed by atoms with E-state index in [1.54, 1.807) is 7.11 Å². The summed E-state index contributed by atoms with van der Waals surface area (Å²) in [4.78, 5) is 76.1. The van der Waals surface area contributed by atoms with E-state index in [9.17, 15) is 24.0 Å². The Bertz CT molecular complexity index is 1430. The number of likely N-dealkylation sites (tertiary alicyclic amines) is 1. The molecule has 4 N–H and O–H groups in total. The number of hydroxylamine groups is 1. The van der Waals surface area contributed by atoms with Crippen LogP contribution in [0.2, 0.25) is 0 Å². The van der Waals surface area contributed by atoms with Crippen LogP contribution in [0, 0.1) is 18.3 Å². The number of carbonyl (C=O) groups excluding carboxylic acids is 5. The lowest BCUT2D eigenvalue weighted by atomic mass is 9.84. The summed E-state index contributed by atoms with van der Waals surface area (Å²) in [6.45, 7) is 9.66. The number of para-hydroxylation sites is 1. The molecule has 276 valence electrons. The van der Waals surface area contributed by atoms with E-state index in [4.69, 9.17) is 9.57 Å². The molecule has 0 bridgehead atoms. The molecule has 5 atom stereocenters. The van der Waals surface area contributed by atoms with Crippen LogP contribution in [0.25, 0.3) is 0 Å². The highest BCUT2D eigenvalue weighted by atomic mass is 16.7. The van der Waals surface area contributed by atoms with E-state index in [-0.39, 0.29) is 43.3 Å². The monoisotopic (exact) mass is 695 g/mol. The van der Waals surface area contributed by atoms with Crippen LogP contribution in [0.3, 0.4) is 0 Å². The van der Waals surface area contributed by atoms with E-state index in [0.29, 0.717) is 25.2 Å².